The minimum atomic E-state index is -0.940. The van der Waals surface area contributed by atoms with E-state index in [4.69, 9.17) is 4.52 Å². The molecule has 0 unspecified atom stereocenters. The lowest BCUT2D eigenvalue weighted by molar-refractivity contribution is 0.0693. The highest BCUT2D eigenvalue weighted by Crippen LogP contribution is 2.33. The second-order valence-corrected chi connectivity index (χ2v) is 5.30. The van der Waals surface area contributed by atoms with E-state index in [1.165, 1.54) is 0 Å². The summed E-state index contributed by atoms with van der Waals surface area (Å²) in [5.74, 6) is -0.0952. The van der Waals surface area contributed by atoms with Crippen molar-refractivity contribution in [2.45, 2.75) is 32.4 Å². The molecule has 1 atom stereocenters. The third kappa shape index (κ3) is 2.80. The largest absolute Gasteiger partial charge is 0.478 e. The molecule has 0 spiro atoms. The Balaban J connectivity index is 1.82. The van der Waals surface area contributed by atoms with Crippen LogP contribution in [-0.2, 0) is 6.54 Å². The first-order valence-electron chi connectivity index (χ1n) is 6.99. The maximum Gasteiger partial charge on any atom is 0.337 e. The minimum absolute atomic E-state index is 0.148. The molecule has 1 aliphatic rings. The third-order valence-electron chi connectivity index (χ3n) is 3.81. The molecule has 0 saturated carbocycles. The number of carboxylic acids is 1. The molecule has 0 amide bonds. The van der Waals surface area contributed by atoms with E-state index in [2.05, 4.69) is 15.0 Å². The van der Waals surface area contributed by atoms with Crippen LogP contribution < -0.4 is 0 Å². The molecule has 21 heavy (non-hydrogen) atoms. The zero-order chi connectivity index (χ0) is 14.8. The van der Waals surface area contributed by atoms with E-state index < -0.39 is 5.97 Å². The van der Waals surface area contributed by atoms with Gasteiger partial charge in [-0.1, -0.05) is 5.16 Å². The molecule has 3 rings (SSSR count). The van der Waals surface area contributed by atoms with E-state index in [9.17, 15) is 9.90 Å². The van der Waals surface area contributed by atoms with Crippen LogP contribution in [-0.4, -0.2) is 32.7 Å². The first kappa shape index (κ1) is 13.8. The standard InChI is InChI=1S/C15H17N3O3/c1-10-8-14(21-17-10)13-5-3-7-18(13)9-12-11(15(19)20)4-2-6-16-12/h2,4,6,8,13H,3,5,7,9H2,1H3,(H,19,20)/t13-/m0/s1. The van der Waals surface area contributed by atoms with E-state index >= 15 is 0 Å². The fourth-order valence-corrected chi connectivity index (χ4v) is 2.83. The number of aromatic nitrogens is 2. The van der Waals surface area contributed by atoms with Crippen LogP contribution in [0.15, 0.2) is 28.9 Å². The Morgan fingerprint density at radius 2 is 2.43 bits per heavy atom. The Bertz CT molecular complexity index is 653. The number of pyridine rings is 1. The predicted octanol–water partition coefficient (Wildman–Crippen LogP) is 2.41. The van der Waals surface area contributed by atoms with Gasteiger partial charge in [0.05, 0.1) is 23.0 Å². The second-order valence-electron chi connectivity index (χ2n) is 5.30. The normalized spacial score (nSPS) is 19.0. The summed E-state index contributed by atoms with van der Waals surface area (Å²) in [6.07, 6.45) is 3.68. The molecule has 6 nitrogen and oxygen atoms in total. The summed E-state index contributed by atoms with van der Waals surface area (Å²) in [5, 5.41) is 13.2. The highest BCUT2D eigenvalue weighted by Gasteiger charge is 2.30. The van der Waals surface area contributed by atoms with Gasteiger partial charge in [0.2, 0.25) is 0 Å². The Kier molecular flexibility index (Phi) is 3.70. The molecule has 1 N–H and O–H groups in total. The topological polar surface area (TPSA) is 79.5 Å². The summed E-state index contributed by atoms with van der Waals surface area (Å²) in [5.41, 5.74) is 1.71. The number of carbonyl (C=O) groups is 1. The summed E-state index contributed by atoms with van der Waals surface area (Å²) >= 11 is 0. The van der Waals surface area contributed by atoms with E-state index in [1.807, 2.05) is 13.0 Å². The van der Waals surface area contributed by atoms with Crippen molar-refractivity contribution in [3.05, 3.63) is 47.1 Å². The Morgan fingerprint density at radius 1 is 1.57 bits per heavy atom. The van der Waals surface area contributed by atoms with Crippen molar-refractivity contribution in [2.75, 3.05) is 6.54 Å². The lowest BCUT2D eigenvalue weighted by Gasteiger charge is -2.22. The first-order chi connectivity index (χ1) is 10.1. The number of aromatic carboxylic acids is 1. The SMILES string of the molecule is Cc1cc([C@@H]2CCCN2Cc2ncccc2C(=O)O)on1. The van der Waals surface area contributed by atoms with Crippen LogP contribution in [0.3, 0.4) is 0 Å². The lowest BCUT2D eigenvalue weighted by Crippen LogP contribution is -2.24. The summed E-state index contributed by atoms with van der Waals surface area (Å²) in [4.78, 5) is 17.7. The summed E-state index contributed by atoms with van der Waals surface area (Å²) in [6, 6.07) is 5.33. The molecule has 3 heterocycles. The molecule has 0 aromatic carbocycles. The summed E-state index contributed by atoms with van der Waals surface area (Å²) in [7, 11) is 0. The molecule has 0 radical (unpaired) electrons. The third-order valence-corrected chi connectivity index (χ3v) is 3.81. The van der Waals surface area contributed by atoms with Crippen LogP contribution in [0, 0.1) is 6.92 Å². The Hall–Kier alpha value is -2.21. The smallest absolute Gasteiger partial charge is 0.337 e. The van der Waals surface area contributed by atoms with E-state index in [-0.39, 0.29) is 11.6 Å². The molecule has 2 aromatic rings. The number of likely N-dealkylation sites (tertiary alicyclic amines) is 1. The fraction of sp³-hybridized carbons (Fsp3) is 0.400. The molecule has 2 aromatic heterocycles. The van der Waals surface area contributed by atoms with Crippen LogP contribution >= 0.6 is 0 Å². The van der Waals surface area contributed by atoms with E-state index in [0.29, 0.717) is 12.2 Å². The second kappa shape index (κ2) is 5.65. The van der Waals surface area contributed by atoms with Crippen LogP contribution in [0.25, 0.3) is 0 Å². The molecular weight excluding hydrogens is 270 g/mol. The maximum atomic E-state index is 11.3. The highest BCUT2D eigenvalue weighted by atomic mass is 16.5. The van der Waals surface area contributed by atoms with Gasteiger partial charge in [-0.15, -0.1) is 0 Å². The van der Waals surface area contributed by atoms with Gasteiger partial charge in [0, 0.05) is 18.8 Å². The van der Waals surface area contributed by atoms with E-state index in [1.54, 1.807) is 18.3 Å². The van der Waals surface area contributed by atoms with E-state index in [0.717, 1.165) is 30.8 Å². The van der Waals surface area contributed by atoms with Crippen LogP contribution in [0.2, 0.25) is 0 Å². The molecule has 1 saturated heterocycles. The number of rotatable bonds is 4. The van der Waals surface area contributed by atoms with Gasteiger partial charge < -0.3 is 9.63 Å². The fourth-order valence-electron chi connectivity index (χ4n) is 2.83. The molecule has 110 valence electrons. The van der Waals surface area contributed by atoms with Crippen molar-refractivity contribution < 1.29 is 14.4 Å². The van der Waals surface area contributed by atoms with Gasteiger partial charge in [-0.3, -0.25) is 9.88 Å². The van der Waals surface area contributed by atoms with Crippen molar-refractivity contribution in [3.8, 4) is 0 Å². The average molecular weight is 287 g/mol. The van der Waals surface area contributed by atoms with Gasteiger partial charge in [-0.05, 0) is 38.4 Å². The van der Waals surface area contributed by atoms with Gasteiger partial charge >= 0.3 is 5.97 Å². The maximum absolute atomic E-state index is 11.3. The first-order valence-corrected chi connectivity index (χ1v) is 6.99. The monoisotopic (exact) mass is 287 g/mol. The lowest BCUT2D eigenvalue weighted by atomic mass is 10.1. The number of hydrogen-bond acceptors (Lipinski definition) is 5. The van der Waals surface area contributed by atoms with Crippen molar-refractivity contribution >= 4 is 5.97 Å². The number of hydrogen-bond donors (Lipinski definition) is 1. The van der Waals surface area contributed by atoms with Crippen molar-refractivity contribution in [3.63, 3.8) is 0 Å². The molecule has 1 aliphatic heterocycles. The predicted molar refractivity (Wildman–Crippen MR) is 74.8 cm³/mol. The van der Waals surface area contributed by atoms with Crippen molar-refractivity contribution in [1.29, 1.82) is 0 Å². The number of carboxylic acid groups (broad SMARTS) is 1. The Labute approximate surface area is 122 Å². The zero-order valence-electron chi connectivity index (χ0n) is 11.8. The zero-order valence-corrected chi connectivity index (χ0v) is 11.8. The molecule has 1 fully saturated rings. The highest BCUT2D eigenvalue weighted by molar-refractivity contribution is 5.88. The quantitative estimate of drug-likeness (QED) is 0.930. The molecule has 6 heteroatoms. The van der Waals surface area contributed by atoms with Gasteiger partial charge in [0.15, 0.2) is 5.76 Å². The van der Waals surface area contributed by atoms with Crippen LogP contribution in [0.5, 0.6) is 0 Å². The number of nitrogens with zero attached hydrogens (tertiary/aromatic N) is 3. The average Bonchev–Trinajstić information content (AvgIpc) is 3.08. The molecule has 0 bridgehead atoms. The Morgan fingerprint density at radius 3 is 3.14 bits per heavy atom. The summed E-state index contributed by atoms with van der Waals surface area (Å²) in [6.45, 7) is 3.31. The van der Waals surface area contributed by atoms with Gasteiger partial charge in [0.25, 0.3) is 0 Å². The molecular formula is C15H17N3O3. The minimum Gasteiger partial charge on any atom is -0.478 e. The van der Waals surface area contributed by atoms with Crippen molar-refractivity contribution in [1.82, 2.24) is 15.0 Å². The summed E-state index contributed by atoms with van der Waals surface area (Å²) < 4.78 is 5.37. The van der Waals surface area contributed by atoms with Crippen molar-refractivity contribution in [2.24, 2.45) is 0 Å². The van der Waals surface area contributed by atoms with Gasteiger partial charge in [0.1, 0.15) is 0 Å². The van der Waals surface area contributed by atoms with Crippen LogP contribution in [0.1, 0.15) is 46.4 Å². The number of aryl methyl sites for hydroxylation is 1. The van der Waals surface area contributed by atoms with Gasteiger partial charge in [-0.2, -0.15) is 0 Å². The molecule has 0 aliphatic carbocycles. The van der Waals surface area contributed by atoms with Gasteiger partial charge in [-0.25, -0.2) is 4.79 Å². The van der Waals surface area contributed by atoms with Crippen LogP contribution in [0.4, 0.5) is 0 Å².